The minimum atomic E-state index is -0.960. The van der Waals surface area contributed by atoms with Crippen LogP contribution in [0.3, 0.4) is 0 Å². The number of benzene rings is 2. The molecule has 0 saturated carbocycles. The van der Waals surface area contributed by atoms with Crippen molar-refractivity contribution in [2.24, 2.45) is 0 Å². The molecule has 0 fully saturated rings. The third-order valence-electron chi connectivity index (χ3n) is 5.24. The average Bonchev–Trinajstić information content (AvgIpc) is 2.64. The summed E-state index contributed by atoms with van der Waals surface area (Å²) in [4.78, 5) is 13.1. The summed E-state index contributed by atoms with van der Waals surface area (Å²) in [5, 5.41) is 40.7. The summed E-state index contributed by atoms with van der Waals surface area (Å²) < 4.78 is 16.5. The number of aliphatic hydroxyl groups excluding tert-OH is 1. The quantitative estimate of drug-likeness (QED) is 0.517. The molecule has 8 heteroatoms. The topological polar surface area (TPSA) is 130 Å². The first-order valence-electron chi connectivity index (χ1n) is 8.91. The molecule has 2 heterocycles. The summed E-state index contributed by atoms with van der Waals surface area (Å²) >= 11 is 0. The highest BCUT2D eigenvalue weighted by atomic mass is 16.5. The van der Waals surface area contributed by atoms with Gasteiger partial charge in [-0.3, -0.25) is 4.79 Å². The molecule has 0 saturated heterocycles. The van der Waals surface area contributed by atoms with E-state index in [1.807, 2.05) is 0 Å². The first-order chi connectivity index (χ1) is 13.6. The molecule has 0 amide bonds. The summed E-state index contributed by atoms with van der Waals surface area (Å²) in [6, 6.07) is 3.73. The van der Waals surface area contributed by atoms with E-state index in [4.69, 9.17) is 13.9 Å². The van der Waals surface area contributed by atoms with Crippen LogP contribution in [0.1, 0.15) is 19.4 Å². The number of fused-ring (bicyclic) bond motifs is 2. The van der Waals surface area contributed by atoms with Crippen LogP contribution in [0, 0.1) is 0 Å². The lowest BCUT2D eigenvalue weighted by Gasteiger charge is -2.38. The number of ether oxygens (including phenoxy) is 2. The second-order valence-electron chi connectivity index (χ2n) is 7.52. The lowest BCUT2D eigenvalue weighted by molar-refractivity contribution is -0.0425. The van der Waals surface area contributed by atoms with Crippen LogP contribution in [-0.4, -0.2) is 39.2 Å². The van der Waals surface area contributed by atoms with Crippen LogP contribution in [0.15, 0.2) is 33.7 Å². The van der Waals surface area contributed by atoms with Crippen LogP contribution in [-0.2, 0) is 6.42 Å². The first kappa shape index (κ1) is 18.9. The maximum Gasteiger partial charge on any atom is 0.204 e. The Bertz CT molecular complexity index is 1190. The summed E-state index contributed by atoms with van der Waals surface area (Å²) in [7, 11) is 1.37. The number of phenols is 3. The molecule has 1 aromatic heterocycles. The van der Waals surface area contributed by atoms with Gasteiger partial charge < -0.3 is 34.3 Å². The molecule has 1 atom stereocenters. The highest BCUT2D eigenvalue weighted by molar-refractivity contribution is 5.89. The Kier molecular flexibility index (Phi) is 4.13. The van der Waals surface area contributed by atoms with Crippen molar-refractivity contribution in [3.8, 4) is 39.9 Å². The molecule has 0 bridgehead atoms. The zero-order chi connectivity index (χ0) is 21.1. The van der Waals surface area contributed by atoms with E-state index in [0.717, 1.165) is 6.07 Å². The molecular weight excluding hydrogens is 380 g/mol. The van der Waals surface area contributed by atoms with E-state index >= 15 is 0 Å². The standard InChI is InChI=1S/C21H20O8/c1-21(2)16(24)7-11-10(6-15(27-3)19(26)20(11)29-21)12-8-28-14-5-9(22)4-13(23)17(14)18(12)25/h4-6,8,16,22-24,26H,7H2,1-3H3/t16-/m0/s1. The number of hydrogen-bond donors (Lipinski definition) is 4. The van der Waals surface area contributed by atoms with Gasteiger partial charge >= 0.3 is 0 Å². The van der Waals surface area contributed by atoms with E-state index in [2.05, 4.69) is 0 Å². The van der Waals surface area contributed by atoms with Gasteiger partial charge in [0.25, 0.3) is 0 Å². The summed E-state index contributed by atoms with van der Waals surface area (Å²) in [5.74, 6) is -0.699. The fraction of sp³-hybridized carbons (Fsp3) is 0.286. The lowest BCUT2D eigenvalue weighted by atomic mass is 9.86. The normalized spacial score (nSPS) is 17.6. The third kappa shape index (κ3) is 2.84. The fourth-order valence-electron chi connectivity index (χ4n) is 3.55. The minimum Gasteiger partial charge on any atom is -0.508 e. The van der Waals surface area contributed by atoms with E-state index < -0.39 is 22.9 Å². The summed E-state index contributed by atoms with van der Waals surface area (Å²) in [6.07, 6.45) is 0.426. The van der Waals surface area contributed by atoms with Crippen molar-refractivity contribution in [1.82, 2.24) is 0 Å². The molecule has 29 heavy (non-hydrogen) atoms. The van der Waals surface area contributed by atoms with Gasteiger partial charge in [-0.2, -0.15) is 0 Å². The third-order valence-corrected chi connectivity index (χ3v) is 5.24. The Morgan fingerprint density at radius 1 is 1.14 bits per heavy atom. The number of rotatable bonds is 2. The smallest absolute Gasteiger partial charge is 0.204 e. The van der Waals surface area contributed by atoms with Gasteiger partial charge in [-0.1, -0.05) is 0 Å². The number of aliphatic hydroxyl groups is 1. The molecule has 4 rings (SSSR count). The van der Waals surface area contributed by atoms with Crippen LogP contribution in [0.4, 0.5) is 0 Å². The zero-order valence-corrected chi connectivity index (χ0v) is 16.0. The Morgan fingerprint density at radius 3 is 2.55 bits per heavy atom. The number of hydrogen-bond acceptors (Lipinski definition) is 8. The molecule has 3 aromatic rings. The zero-order valence-electron chi connectivity index (χ0n) is 16.0. The molecule has 0 aliphatic carbocycles. The van der Waals surface area contributed by atoms with Gasteiger partial charge in [-0.25, -0.2) is 0 Å². The molecule has 0 spiro atoms. The lowest BCUT2D eigenvalue weighted by Crippen LogP contribution is -2.46. The highest BCUT2D eigenvalue weighted by Crippen LogP contribution is 2.49. The molecule has 152 valence electrons. The number of aromatic hydroxyl groups is 3. The molecule has 4 N–H and O–H groups in total. The predicted octanol–water partition coefficient (Wildman–Crippen LogP) is 2.66. The van der Waals surface area contributed by atoms with E-state index in [-0.39, 0.29) is 46.0 Å². The number of methoxy groups -OCH3 is 1. The van der Waals surface area contributed by atoms with Gasteiger partial charge in [-0.05, 0) is 25.5 Å². The number of phenolic OH excluding ortho intramolecular Hbond substituents is 3. The van der Waals surface area contributed by atoms with Crippen molar-refractivity contribution in [2.75, 3.05) is 7.11 Å². The summed E-state index contributed by atoms with van der Waals surface area (Å²) in [6.45, 7) is 3.38. The summed E-state index contributed by atoms with van der Waals surface area (Å²) in [5.41, 5.74) is -0.639. The van der Waals surface area contributed by atoms with Crippen molar-refractivity contribution in [3.63, 3.8) is 0 Å². The van der Waals surface area contributed by atoms with Crippen LogP contribution >= 0.6 is 0 Å². The molecule has 0 radical (unpaired) electrons. The van der Waals surface area contributed by atoms with Crippen molar-refractivity contribution in [1.29, 1.82) is 0 Å². The first-order valence-corrected chi connectivity index (χ1v) is 8.91. The highest BCUT2D eigenvalue weighted by Gasteiger charge is 2.39. The SMILES string of the molecule is COc1cc(-c2coc3cc(O)cc(O)c3c2=O)c2c(c1O)OC(C)(C)[C@@H](O)C2. The maximum absolute atomic E-state index is 13.1. The second-order valence-corrected chi connectivity index (χ2v) is 7.52. The van der Waals surface area contributed by atoms with Gasteiger partial charge in [0.15, 0.2) is 11.5 Å². The maximum atomic E-state index is 13.1. The Morgan fingerprint density at radius 2 is 1.86 bits per heavy atom. The van der Waals surface area contributed by atoms with E-state index in [0.29, 0.717) is 11.1 Å². The fourth-order valence-corrected chi connectivity index (χ4v) is 3.55. The molecule has 2 aromatic carbocycles. The van der Waals surface area contributed by atoms with Crippen LogP contribution in [0.2, 0.25) is 0 Å². The van der Waals surface area contributed by atoms with Crippen LogP contribution in [0.25, 0.3) is 22.1 Å². The van der Waals surface area contributed by atoms with Crippen molar-refractivity contribution in [2.45, 2.75) is 32.0 Å². The van der Waals surface area contributed by atoms with Crippen LogP contribution < -0.4 is 14.9 Å². The van der Waals surface area contributed by atoms with E-state index in [9.17, 15) is 25.2 Å². The average molecular weight is 400 g/mol. The van der Waals surface area contributed by atoms with Gasteiger partial charge in [-0.15, -0.1) is 0 Å². The Hall–Kier alpha value is -3.39. The van der Waals surface area contributed by atoms with E-state index in [1.165, 1.54) is 25.5 Å². The second kappa shape index (κ2) is 6.31. The Labute approximate surface area is 165 Å². The minimum absolute atomic E-state index is 0.0216. The van der Waals surface area contributed by atoms with Gasteiger partial charge in [0.05, 0.1) is 18.8 Å². The van der Waals surface area contributed by atoms with Gasteiger partial charge in [0.2, 0.25) is 11.2 Å². The Balaban J connectivity index is 2.04. The molecule has 0 unspecified atom stereocenters. The van der Waals surface area contributed by atoms with E-state index in [1.54, 1.807) is 13.8 Å². The largest absolute Gasteiger partial charge is 0.508 e. The van der Waals surface area contributed by atoms with Crippen molar-refractivity contribution >= 4 is 11.0 Å². The monoisotopic (exact) mass is 400 g/mol. The van der Waals surface area contributed by atoms with Gasteiger partial charge in [0.1, 0.15) is 34.3 Å². The molecule has 8 nitrogen and oxygen atoms in total. The predicted molar refractivity (Wildman–Crippen MR) is 104 cm³/mol. The van der Waals surface area contributed by atoms with Crippen molar-refractivity contribution < 1.29 is 34.3 Å². The van der Waals surface area contributed by atoms with Gasteiger partial charge in [0, 0.05) is 24.1 Å². The van der Waals surface area contributed by atoms with Crippen LogP contribution in [0.5, 0.6) is 28.7 Å². The molecule has 1 aliphatic heterocycles. The molecule has 1 aliphatic rings. The van der Waals surface area contributed by atoms with Crippen molar-refractivity contribution in [3.05, 3.63) is 40.2 Å². The molecular formula is C21H20O8.